The molecule has 2 unspecified atom stereocenters. The van der Waals surface area contributed by atoms with Gasteiger partial charge in [-0.15, -0.1) is 0 Å². The second-order valence-corrected chi connectivity index (χ2v) is 11.5. The first kappa shape index (κ1) is 27.5. The standard InChI is InChI=1S/C32H41NO4/c1-30(2,3)25-18-16-24(17-19-25)28(34)15-10-21-33-22-20-29(31(35,36)23-33)32(37,26-11-6-4-7-12-26)27-13-8-5-9-14-27/h4-9,11-14,16-19,28-29,34-37H,10,15,20-23H2,1-3H3. The molecule has 37 heavy (non-hydrogen) atoms. The van der Waals surface area contributed by atoms with Gasteiger partial charge in [0.1, 0.15) is 5.60 Å². The third-order valence-corrected chi connectivity index (χ3v) is 7.79. The number of piperidine rings is 1. The Kier molecular flexibility index (Phi) is 8.22. The van der Waals surface area contributed by atoms with Crippen LogP contribution >= 0.6 is 0 Å². The summed E-state index contributed by atoms with van der Waals surface area (Å²) in [6.45, 7) is 7.82. The molecule has 0 aromatic heterocycles. The van der Waals surface area contributed by atoms with Gasteiger partial charge in [-0.3, -0.25) is 4.90 Å². The van der Waals surface area contributed by atoms with Gasteiger partial charge >= 0.3 is 0 Å². The van der Waals surface area contributed by atoms with Crippen molar-refractivity contribution in [2.75, 3.05) is 19.6 Å². The number of nitrogens with zero attached hydrogens (tertiary/aromatic N) is 1. The first-order chi connectivity index (χ1) is 17.5. The third-order valence-electron chi connectivity index (χ3n) is 7.79. The van der Waals surface area contributed by atoms with Crippen LogP contribution in [0.3, 0.4) is 0 Å². The zero-order valence-electron chi connectivity index (χ0n) is 22.2. The molecule has 5 heteroatoms. The molecule has 0 spiro atoms. The molecule has 2 atom stereocenters. The van der Waals surface area contributed by atoms with Gasteiger partial charge in [0.2, 0.25) is 0 Å². The van der Waals surface area contributed by atoms with E-state index in [-0.39, 0.29) is 12.0 Å². The molecule has 0 aliphatic carbocycles. The summed E-state index contributed by atoms with van der Waals surface area (Å²) in [6, 6.07) is 26.7. The van der Waals surface area contributed by atoms with E-state index in [1.54, 1.807) is 0 Å². The van der Waals surface area contributed by atoms with Gasteiger partial charge in [-0.25, -0.2) is 0 Å². The lowest BCUT2D eigenvalue weighted by molar-refractivity contribution is -0.263. The average Bonchev–Trinajstić information content (AvgIpc) is 2.88. The van der Waals surface area contributed by atoms with Crippen LogP contribution in [0.4, 0.5) is 0 Å². The summed E-state index contributed by atoms with van der Waals surface area (Å²) < 4.78 is 0. The van der Waals surface area contributed by atoms with E-state index in [1.165, 1.54) is 5.56 Å². The van der Waals surface area contributed by atoms with Crippen molar-refractivity contribution in [3.8, 4) is 0 Å². The summed E-state index contributed by atoms with van der Waals surface area (Å²) in [7, 11) is 0. The van der Waals surface area contributed by atoms with Crippen LogP contribution in [0.5, 0.6) is 0 Å². The van der Waals surface area contributed by atoms with Gasteiger partial charge in [-0.2, -0.15) is 0 Å². The normalized spacial score (nSPS) is 19.5. The number of aliphatic hydroxyl groups excluding tert-OH is 1. The van der Waals surface area contributed by atoms with Crippen molar-refractivity contribution in [3.63, 3.8) is 0 Å². The summed E-state index contributed by atoms with van der Waals surface area (Å²) in [5, 5.41) is 45.3. The maximum absolute atomic E-state index is 12.1. The Bertz CT molecular complexity index is 1080. The number of rotatable bonds is 8. The van der Waals surface area contributed by atoms with Crippen LogP contribution in [0, 0.1) is 5.92 Å². The molecular weight excluding hydrogens is 462 g/mol. The van der Waals surface area contributed by atoms with Crippen molar-refractivity contribution >= 4 is 0 Å². The second kappa shape index (κ2) is 11.1. The molecular formula is C32H41NO4. The number of benzene rings is 3. The zero-order chi connectivity index (χ0) is 26.7. The summed E-state index contributed by atoms with van der Waals surface area (Å²) >= 11 is 0. The summed E-state index contributed by atoms with van der Waals surface area (Å²) in [5.74, 6) is -2.88. The van der Waals surface area contributed by atoms with Crippen LogP contribution in [-0.2, 0) is 11.0 Å². The number of β-amino-alcohol motifs (C(OH)–C–C–N with tert-alkyl or cyclic N) is 2. The van der Waals surface area contributed by atoms with Crippen LogP contribution in [0.1, 0.15) is 68.4 Å². The van der Waals surface area contributed by atoms with E-state index in [9.17, 15) is 20.4 Å². The highest BCUT2D eigenvalue weighted by Crippen LogP contribution is 2.45. The van der Waals surface area contributed by atoms with E-state index >= 15 is 0 Å². The van der Waals surface area contributed by atoms with E-state index in [4.69, 9.17) is 0 Å². The number of hydrogen-bond donors (Lipinski definition) is 4. The Morgan fingerprint density at radius 3 is 1.86 bits per heavy atom. The van der Waals surface area contributed by atoms with Crippen molar-refractivity contribution in [2.24, 2.45) is 5.92 Å². The first-order valence-electron chi connectivity index (χ1n) is 13.3. The minimum absolute atomic E-state index is 0.0377. The molecule has 1 fully saturated rings. The van der Waals surface area contributed by atoms with Gasteiger partial charge < -0.3 is 20.4 Å². The highest BCUT2D eigenvalue weighted by molar-refractivity contribution is 5.38. The lowest BCUT2D eigenvalue weighted by Crippen LogP contribution is -2.60. The predicted molar refractivity (Wildman–Crippen MR) is 147 cm³/mol. The van der Waals surface area contributed by atoms with Crippen LogP contribution in [0.2, 0.25) is 0 Å². The van der Waals surface area contributed by atoms with Gasteiger partial charge in [-0.1, -0.05) is 106 Å². The smallest absolute Gasteiger partial charge is 0.182 e. The maximum atomic E-state index is 12.1. The average molecular weight is 504 g/mol. The SMILES string of the molecule is CC(C)(C)c1ccc(C(O)CCCN2CCC(C(O)(c3ccccc3)c3ccccc3)C(O)(O)C2)cc1. The molecule has 198 valence electrons. The molecule has 0 bridgehead atoms. The molecule has 0 amide bonds. The Labute approximate surface area is 221 Å². The summed E-state index contributed by atoms with van der Waals surface area (Å²) in [6.07, 6.45) is 1.19. The molecule has 1 heterocycles. The fourth-order valence-electron chi connectivity index (χ4n) is 5.63. The van der Waals surface area contributed by atoms with Crippen molar-refractivity contribution in [1.29, 1.82) is 0 Å². The van der Waals surface area contributed by atoms with Gasteiger partial charge in [-0.05, 0) is 60.0 Å². The second-order valence-electron chi connectivity index (χ2n) is 11.5. The van der Waals surface area contributed by atoms with Crippen LogP contribution in [-0.4, -0.2) is 50.7 Å². The largest absolute Gasteiger partial charge is 0.388 e. The molecule has 5 nitrogen and oxygen atoms in total. The molecule has 1 aliphatic rings. The fourth-order valence-corrected chi connectivity index (χ4v) is 5.63. The highest BCUT2D eigenvalue weighted by atomic mass is 16.5. The molecule has 3 aromatic rings. The Morgan fingerprint density at radius 1 is 0.838 bits per heavy atom. The molecule has 4 N–H and O–H groups in total. The Balaban J connectivity index is 1.41. The highest BCUT2D eigenvalue weighted by Gasteiger charge is 2.53. The van der Waals surface area contributed by atoms with Crippen molar-refractivity contribution in [1.82, 2.24) is 4.90 Å². The van der Waals surface area contributed by atoms with Crippen molar-refractivity contribution in [3.05, 3.63) is 107 Å². The lowest BCUT2D eigenvalue weighted by Gasteiger charge is -2.49. The van der Waals surface area contributed by atoms with E-state index < -0.39 is 23.4 Å². The van der Waals surface area contributed by atoms with Gasteiger partial charge in [0.25, 0.3) is 0 Å². The van der Waals surface area contributed by atoms with Crippen LogP contribution in [0.25, 0.3) is 0 Å². The third kappa shape index (κ3) is 6.14. The van der Waals surface area contributed by atoms with Crippen LogP contribution < -0.4 is 0 Å². The van der Waals surface area contributed by atoms with Crippen molar-refractivity contribution < 1.29 is 20.4 Å². The van der Waals surface area contributed by atoms with E-state index in [0.717, 1.165) is 12.0 Å². The van der Waals surface area contributed by atoms with Gasteiger partial charge in [0.05, 0.1) is 18.6 Å². The minimum Gasteiger partial charge on any atom is -0.388 e. The Morgan fingerprint density at radius 2 is 1.38 bits per heavy atom. The molecule has 0 saturated carbocycles. The summed E-state index contributed by atoms with van der Waals surface area (Å²) in [4.78, 5) is 2.02. The molecule has 1 aliphatic heterocycles. The number of likely N-dealkylation sites (tertiary alicyclic amines) is 1. The van der Waals surface area contributed by atoms with Crippen molar-refractivity contribution in [2.45, 2.75) is 62.9 Å². The fraction of sp³-hybridized carbons (Fsp3) is 0.438. The summed E-state index contributed by atoms with van der Waals surface area (Å²) in [5.41, 5.74) is 1.97. The predicted octanol–water partition coefficient (Wildman–Crippen LogP) is 4.74. The quantitative estimate of drug-likeness (QED) is 0.334. The number of hydrogen-bond acceptors (Lipinski definition) is 5. The lowest BCUT2D eigenvalue weighted by atomic mass is 9.69. The zero-order valence-corrected chi connectivity index (χ0v) is 22.2. The van der Waals surface area contributed by atoms with E-state index in [2.05, 4.69) is 32.9 Å². The van der Waals surface area contributed by atoms with Crippen LogP contribution in [0.15, 0.2) is 84.9 Å². The molecule has 4 rings (SSSR count). The van der Waals surface area contributed by atoms with Gasteiger partial charge in [0, 0.05) is 0 Å². The topological polar surface area (TPSA) is 84.2 Å². The molecule has 1 saturated heterocycles. The molecule has 3 aromatic carbocycles. The number of aliphatic hydroxyl groups is 4. The maximum Gasteiger partial charge on any atom is 0.182 e. The monoisotopic (exact) mass is 503 g/mol. The first-order valence-corrected chi connectivity index (χ1v) is 13.3. The van der Waals surface area contributed by atoms with E-state index in [1.807, 2.05) is 77.7 Å². The minimum atomic E-state index is -2.08. The Hall–Kier alpha value is -2.54. The van der Waals surface area contributed by atoms with Gasteiger partial charge in [0.15, 0.2) is 5.79 Å². The molecule has 0 radical (unpaired) electrons. The van der Waals surface area contributed by atoms with E-state index in [0.29, 0.717) is 37.1 Å².